The van der Waals surface area contributed by atoms with Gasteiger partial charge in [-0.3, -0.25) is 0 Å². The van der Waals surface area contributed by atoms with Gasteiger partial charge in [0.15, 0.2) is 0 Å². The monoisotopic (exact) mass is 681 g/mol. The number of aromatic nitrogens is 1. The molecule has 0 saturated heterocycles. The Morgan fingerprint density at radius 1 is 0.641 bits per heavy atom. The molecule has 0 aliphatic carbocycles. The normalized spacial score (nSPS) is 11.6. The first-order valence-electron chi connectivity index (χ1n) is 13.4. The molecule has 0 amide bonds. The summed E-state index contributed by atoms with van der Waals surface area (Å²) in [6.07, 6.45) is 0.184. The number of pyridine rings is 1. The third-order valence-corrected chi connectivity index (χ3v) is 6.12. The SMILES string of the molecule is [2H]C([2H])(c1ccccc1)c1cc[c-]c(-c2[c-]ccc3c2oc2ccccc23)c1.[Ir+3].[c-]1ccccc1-c1ccccn1. The third kappa shape index (κ3) is 6.07. The van der Waals surface area contributed by atoms with Crippen LogP contribution in [0, 0.1) is 18.2 Å². The molecule has 2 heterocycles. The Bertz CT molecular complexity index is 1830. The fraction of sp³-hybridized carbons (Fsp3) is 0.0278. The Balaban J connectivity index is 0.000000218. The number of fused-ring (bicyclic) bond motifs is 3. The van der Waals surface area contributed by atoms with Crippen molar-refractivity contribution >= 4 is 21.9 Å². The molecular weight excluding hydrogens is 655 g/mol. The summed E-state index contributed by atoms with van der Waals surface area (Å²) in [5, 5.41) is 2.08. The summed E-state index contributed by atoms with van der Waals surface area (Å²) in [5.74, 6) is 0. The predicted octanol–water partition coefficient (Wildman–Crippen LogP) is 8.99. The van der Waals surface area contributed by atoms with E-state index in [0.29, 0.717) is 11.1 Å². The molecule has 2 nitrogen and oxygen atoms in total. The van der Waals surface area contributed by atoms with E-state index in [1.54, 1.807) is 18.3 Å². The van der Waals surface area contributed by atoms with E-state index in [1.165, 1.54) is 0 Å². The molecule has 0 radical (unpaired) electrons. The van der Waals surface area contributed by atoms with E-state index in [2.05, 4.69) is 23.2 Å². The molecule has 5 aromatic carbocycles. The van der Waals surface area contributed by atoms with Gasteiger partial charge in [0.2, 0.25) is 0 Å². The average Bonchev–Trinajstić information content (AvgIpc) is 3.42. The fourth-order valence-corrected chi connectivity index (χ4v) is 4.34. The van der Waals surface area contributed by atoms with E-state index in [1.807, 2.05) is 115 Å². The fourth-order valence-electron chi connectivity index (χ4n) is 4.34. The van der Waals surface area contributed by atoms with Crippen molar-refractivity contribution in [3.05, 3.63) is 163 Å². The van der Waals surface area contributed by atoms with E-state index in [-0.39, 0.29) is 20.1 Å². The summed E-state index contributed by atoms with van der Waals surface area (Å²) in [6, 6.07) is 49.7. The number of para-hydroxylation sites is 1. The molecule has 0 spiro atoms. The topological polar surface area (TPSA) is 26.0 Å². The van der Waals surface area contributed by atoms with Gasteiger partial charge in [-0.25, -0.2) is 5.56 Å². The number of rotatable bonds is 4. The van der Waals surface area contributed by atoms with E-state index in [9.17, 15) is 0 Å². The molecule has 0 fully saturated rings. The molecule has 0 N–H and O–H groups in total. The van der Waals surface area contributed by atoms with Crippen LogP contribution < -0.4 is 0 Å². The van der Waals surface area contributed by atoms with Crippen LogP contribution in [-0.4, -0.2) is 4.98 Å². The van der Waals surface area contributed by atoms with Gasteiger partial charge >= 0.3 is 20.1 Å². The van der Waals surface area contributed by atoms with Crippen LogP contribution in [-0.2, 0) is 26.5 Å². The minimum atomic E-state index is -1.60. The first-order valence-corrected chi connectivity index (χ1v) is 12.4. The molecule has 0 aliphatic rings. The zero-order chi connectivity index (χ0) is 27.4. The standard InChI is InChI=1S/C25H16O.C11H8N.Ir/c1-2-8-18(9-3-1)16-19-10-6-11-20(17-19)21-13-7-14-23-22-12-4-5-15-24(22)26-25(21)23;1-2-6-10(7-3-1)11-8-4-5-9-12-11;/h1-10,12,14-15,17H,16H2;1-6,8-9H;/q-2;-1;+3/i16D2;;. The Morgan fingerprint density at radius 3 is 2.23 bits per heavy atom. The quantitative estimate of drug-likeness (QED) is 0.174. The minimum absolute atomic E-state index is 0. The molecule has 7 rings (SSSR count). The van der Waals surface area contributed by atoms with Gasteiger partial charge < -0.3 is 9.40 Å². The van der Waals surface area contributed by atoms with Crippen LogP contribution >= 0.6 is 0 Å². The number of nitrogens with zero attached hydrogens (tertiary/aromatic N) is 1. The Labute approximate surface area is 245 Å². The van der Waals surface area contributed by atoms with Gasteiger partial charge in [-0.2, -0.15) is 35.9 Å². The van der Waals surface area contributed by atoms with Crippen molar-refractivity contribution in [1.82, 2.24) is 4.98 Å². The molecule has 188 valence electrons. The van der Waals surface area contributed by atoms with Crippen LogP contribution in [0.15, 0.2) is 138 Å². The number of benzene rings is 5. The van der Waals surface area contributed by atoms with Crippen LogP contribution in [0.25, 0.3) is 44.3 Å². The first kappa shape index (κ1) is 23.8. The summed E-state index contributed by atoms with van der Waals surface area (Å²) in [4.78, 5) is 4.22. The third-order valence-electron chi connectivity index (χ3n) is 6.12. The minimum Gasteiger partial charge on any atom is -0.510 e. The molecule has 0 aliphatic heterocycles. The smallest absolute Gasteiger partial charge is 0.510 e. The molecule has 2 aromatic heterocycles. The summed E-state index contributed by atoms with van der Waals surface area (Å²) in [7, 11) is 0. The average molecular weight is 681 g/mol. The summed E-state index contributed by atoms with van der Waals surface area (Å²) >= 11 is 0. The maximum Gasteiger partial charge on any atom is 3.00 e. The van der Waals surface area contributed by atoms with Gasteiger partial charge in [0.05, 0.1) is 0 Å². The summed E-state index contributed by atoms with van der Waals surface area (Å²) in [6.45, 7) is 0. The van der Waals surface area contributed by atoms with Crippen molar-refractivity contribution in [1.29, 1.82) is 0 Å². The zero-order valence-electron chi connectivity index (χ0n) is 22.9. The predicted molar refractivity (Wildman–Crippen MR) is 155 cm³/mol. The number of hydrogen-bond acceptors (Lipinski definition) is 2. The second-order valence-electron chi connectivity index (χ2n) is 8.67. The maximum atomic E-state index is 8.64. The second-order valence-corrected chi connectivity index (χ2v) is 8.67. The van der Waals surface area contributed by atoms with Gasteiger partial charge in [0.25, 0.3) is 0 Å². The van der Waals surface area contributed by atoms with E-state index in [0.717, 1.165) is 44.3 Å². The van der Waals surface area contributed by atoms with Crippen molar-refractivity contribution in [2.24, 2.45) is 0 Å². The largest absolute Gasteiger partial charge is 3.00 e. The Kier molecular flexibility index (Phi) is 7.62. The maximum absolute atomic E-state index is 8.64. The van der Waals surface area contributed by atoms with E-state index in [4.69, 9.17) is 7.16 Å². The molecular formula is C36H24IrNO. The summed E-state index contributed by atoms with van der Waals surface area (Å²) < 4.78 is 23.4. The molecule has 0 bridgehead atoms. The van der Waals surface area contributed by atoms with Gasteiger partial charge in [-0.05, 0) is 29.8 Å². The Morgan fingerprint density at radius 2 is 1.41 bits per heavy atom. The van der Waals surface area contributed by atoms with Gasteiger partial charge in [-0.15, -0.1) is 53.6 Å². The van der Waals surface area contributed by atoms with Crippen molar-refractivity contribution < 1.29 is 27.3 Å². The van der Waals surface area contributed by atoms with Crippen molar-refractivity contribution in [2.75, 3.05) is 0 Å². The van der Waals surface area contributed by atoms with Gasteiger partial charge in [-0.1, -0.05) is 66.0 Å². The second kappa shape index (κ2) is 12.5. The number of hydrogen-bond donors (Lipinski definition) is 0. The molecule has 39 heavy (non-hydrogen) atoms. The molecule has 7 aromatic rings. The van der Waals surface area contributed by atoms with E-state index < -0.39 is 6.37 Å². The van der Waals surface area contributed by atoms with Crippen LogP contribution in [0.2, 0.25) is 0 Å². The number of furan rings is 1. The zero-order valence-corrected chi connectivity index (χ0v) is 23.3. The Hall–Kier alpha value is -4.30. The van der Waals surface area contributed by atoms with E-state index >= 15 is 0 Å². The van der Waals surface area contributed by atoms with Gasteiger partial charge in [0, 0.05) is 19.9 Å². The van der Waals surface area contributed by atoms with Gasteiger partial charge in [0.1, 0.15) is 5.58 Å². The van der Waals surface area contributed by atoms with Crippen molar-refractivity contribution in [3.63, 3.8) is 0 Å². The first-order chi connectivity index (χ1) is 19.6. The molecule has 0 saturated carbocycles. The molecule has 0 atom stereocenters. The van der Waals surface area contributed by atoms with Crippen molar-refractivity contribution in [2.45, 2.75) is 6.37 Å². The summed E-state index contributed by atoms with van der Waals surface area (Å²) in [5.41, 5.74) is 6.34. The van der Waals surface area contributed by atoms with Crippen LogP contribution in [0.3, 0.4) is 0 Å². The van der Waals surface area contributed by atoms with Crippen LogP contribution in [0.4, 0.5) is 0 Å². The van der Waals surface area contributed by atoms with Crippen LogP contribution in [0.1, 0.15) is 13.9 Å². The van der Waals surface area contributed by atoms with Crippen LogP contribution in [0.5, 0.6) is 0 Å². The molecule has 0 unspecified atom stereocenters. The molecule has 3 heteroatoms. The van der Waals surface area contributed by atoms with Crippen molar-refractivity contribution in [3.8, 4) is 22.4 Å².